The molecular weight excluding hydrogens is 374 g/mol. The molecular formula is C24H29N5O. The van der Waals surface area contributed by atoms with Crippen molar-refractivity contribution in [3.05, 3.63) is 81.7 Å². The zero-order chi connectivity index (χ0) is 21.8. The molecule has 0 aliphatic heterocycles. The molecule has 0 saturated carbocycles. The average Bonchev–Trinajstić information content (AvgIpc) is 2.90. The third kappa shape index (κ3) is 5.14. The van der Waals surface area contributed by atoms with Crippen LogP contribution >= 0.6 is 0 Å². The Morgan fingerprint density at radius 2 is 1.70 bits per heavy atom. The lowest BCUT2D eigenvalue weighted by atomic mass is 10.1. The third-order valence-corrected chi connectivity index (χ3v) is 5.05. The second kappa shape index (κ2) is 8.95. The molecule has 0 unspecified atom stereocenters. The fraction of sp³-hybridized carbons (Fsp3) is 0.292. The van der Waals surface area contributed by atoms with Gasteiger partial charge >= 0.3 is 0 Å². The maximum Gasteiger partial charge on any atom is 0.257 e. The van der Waals surface area contributed by atoms with Crippen LogP contribution in [0.25, 0.3) is 0 Å². The number of nitrogens with zero attached hydrogens (tertiary/aromatic N) is 3. The minimum atomic E-state index is -0.194. The van der Waals surface area contributed by atoms with E-state index in [-0.39, 0.29) is 5.91 Å². The summed E-state index contributed by atoms with van der Waals surface area (Å²) in [5, 5.41) is 10.7. The van der Waals surface area contributed by atoms with Crippen LogP contribution in [0.4, 0.5) is 5.69 Å². The van der Waals surface area contributed by atoms with E-state index in [1.807, 2.05) is 88.8 Å². The topological polar surface area (TPSA) is 71.3 Å². The number of carbonyl (C=O) groups is 1. The van der Waals surface area contributed by atoms with Crippen molar-refractivity contribution in [1.29, 1.82) is 0 Å². The maximum atomic E-state index is 12.9. The number of hydrogen-bond acceptors (Lipinski definition) is 3. The van der Waals surface area contributed by atoms with E-state index in [0.717, 1.165) is 39.3 Å². The summed E-state index contributed by atoms with van der Waals surface area (Å²) >= 11 is 0. The Balaban J connectivity index is 1.89. The van der Waals surface area contributed by atoms with E-state index in [1.165, 1.54) is 0 Å². The van der Waals surface area contributed by atoms with Crippen molar-refractivity contribution in [3.8, 4) is 0 Å². The summed E-state index contributed by atoms with van der Waals surface area (Å²) in [6.45, 7) is 10.4. The summed E-state index contributed by atoms with van der Waals surface area (Å²) in [4.78, 5) is 17.6. The first kappa shape index (κ1) is 21.3. The first-order valence-electron chi connectivity index (χ1n) is 10.00. The van der Waals surface area contributed by atoms with Crippen LogP contribution in [0.15, 0.2) is 47.5 Å². The van der Waals surface area contributed by atoms with E-state index in [9.17, 15) is 4.79 Å². The molecule has 3 aromatic rings. The van der Waals surface area contributed by atoms with Crippen LogP contribution in [-0.4, -0.2) is 21.6 Å². The van der Waals surface area contributed by atoms with E-state index < -0.39 is 0 Å². The number of rotatable bonds is 4. The lowest BCUT2D eigenvalue weighted by Crippen LogP contribution is -2.36. The van der Waals surface area contributed by atoms with E-state index >= 15 is 0 Å². The Morgan fingerprint density at radius 1 is 1.00 bits per heavy atom. The Hall–Kier alpha value is -3.41. The van der Waals surface area contributed by atoms with Crippen LogP contribution < -0.4 is 10.6 Å². The number of amides is 1. The number of aryl methyl sites for hydroxylation is 5. The molecule has 0 aliphatic rings. The molecule has 0 atom stereocenters. The molecule has 0 spiro atoms. The Bertz CT molecular complexity index is 1090. The molecule has 0 radical (unpaired) electrons. The largest absolute Gasteiger partial charge is 0.326 e. The Morgan fingerprint density at radius 3 is 2.30 bits per heavy atom. The highest BCUT2D eigenvalue weighted by molar-refractivity contribution is 6.10. The number of hydrogen-bond donors (Lipinski definition) is 2. The predicted octanol–water partition coefficient (Wildman–Crippen LogP) is 4.36. The molecule has 1 amide bonds. The highest BCUT2D eigenvalue weighted by Crippen LogP contribution is 2.14. The normalized spacial score (nSPS) is 11.5. The highest BCUT2D eigenvalue weighted by atomic mass is 16.1. The smallest absolute Gasteiger partial charge is 0.257 e. The van der Waals surface area contributed by atoms with Crippen LogP contribution in [0.2, 0.25) is 0 Å². The summed E-state index contributed by atoms with van der Waals surface area (Å²) < 4.78 is 1.85. The number of aliphatic imine (C=N–C) groups is 1. The molecule has 3 rings (SSSR count). The molecule has 1 aromatic heterocycles. The van der Waals surface area contributed by atoms with E-state index in [0.29, 0.717) is 18.1 Å². The first-order valence-corrected chi connectivity index (χ1v) is 10.00. The van der Waals surface area contributed by atoms with E-state index in [4.69, 9.17) is 0 Å². The fourth-order valence-electron chi connectivity index (χ4n) is 3.46. The van der Waals surface area contributed by atoms with Gasteiger partial charge in [0.1, 0.15) is 0 Å². The minimum absolute atomic E-state index is 0.194. The zero-order valence-corrected chi connectivity index (χ0v) is 18.5. The Labute approximate surface area is 178 Å². The minimum Gasteiger partial charge on any atom is -0.326 e. The predicted molar refractivity (Wildman–Crippen MR) is 122 cm³/mol. The first-order chi connectivity index (χ1) is 14.2. The molecule has 6 nitrogen and oxygen atoms in total. The van der Waals surface area contributed by atoms with Crippen LogP contribution in [-0.2, 0) is 13.6 Å². The molecule has 0 aliphatic carbocycles. The van der Waals surface area contributed by atoms with Gasteiger partial charge in [0.25, 0.3) is 5.91 Å². The van der Waals surface area contributed by atoms with E-state index in [1.54, 1.807) is 0 Å². The molecule has 2 aromatic carbocycles. The van der Waals surface area contributed by atoms with Gasteiger partial charge in [0.05, 0.1) is 12.2 Å². The SMILES string of the molecule is Cc1cccc(NC(=NCc2c(C)nn(C)c2C)NC(=O)c2cc(C)cc(C)c2)c1. The summed E-state index contributed by atoms with van der Waals surface area (Å²) in [7, 11) is 1.92. The van der Waals surface area contributed by atoms with Gasteiger partial charge in [0.2, 0.25) is 5.96 Å². The average molecular weight is 404 g/mol. The van der Waals surface area contributed by atoms with Crippen LogP contribution in [0.3, 0.4) is 0 Å². The number of guanidine groups is 1. The van der Waals surface area contributed by atoms with Crippen molar-refractivity contribution < 1.29 is 4.79 Å². The van der Waals surface area contributed by atoms with Gasteiger partial charge < -0.3 is 5.32 Å². The number of aromatic nitrogens is 2. The van der Waals surface area contributed by atoms with Crippen LogP contribution in [0.1, 0.15) is 44.0 Å². The van der Waals surface area contributed by atoms with Crippen molar-refractivity contribution in [1.82, 2.24) is 15.1 Å². The second-order valence-corrected chi connectivity index (χ2v) is 7.76. The third-order valence-electron chi connectivity index (χ3n) is 5.05. The van der Waals surface area contributed by atoms with Gasteiger partial charge in [-0.15, -0.1) is 0 Å². The molecule has 0 bridgehead atoms. The van der Waals surface area contributed by atoms with Gasteiger partial charge in [0.15, 0.2) is 0 Å². The fourth-order valence-corrected chi connectivity index (χ4v) is 3.46. The van der Waals surface area contributed by atoms with Gasteiger partial charge in [-0.2, -0.15) is 5.10 Å². The lowest BCUT2D eigenvalue weighted by Gasteiger charge is -2.13. The van der Waals surface area contributed by atoms with Gasteiger partial charge in [-0.05, 0) is 64.4 Å². The number of nitrogens with one attached hydrogen (secondary N) is 2. The monoisotopic (exact) mass is 403 g/mol. The van der Waals surface area contributed by atoms with Crippen molar-refractivity contribution in [2.24, 2.45) is 12.0 Å². The lowest BCUT2D eigenvalue weighted by molar-refractivity contribution is 0.0976. The zero-order valence-electron chi connectivity index (χ0n) is 18.5. The summed E-state index contributed by atoms with van der Waals surface area (Å²) in [6.07, 6.45) is 0. The number of anilines is 1. The standard InChI is InChI=1S/C24H29N5O/c1-15-8-7-9-21(13-15)26-24(25-14-22-18(4)28-29(6)19(22)5)27-23(30)20-11-16(2)10-17(3)12-20/h7-13H,14H2,1-6H3,(H2,25,26,27,30). The van der Waals surface area contributed by atoms with Gasteiger partial charge in [0, 0.05) is 29.6 Å². The van der Waals surface area contributed by atoms with Crippen molar-refractivity contribution in [2.45, 2.75) is 41.2 Å². The molecule has 30 heavy (non-hydrogen) atoms. The summed E-state index contributed by atoms with van der Waals surface area (Å²) in [5.74, 6) is 0.216. The van der Waals surface area contributed by atoms with Crippen molar-refractivity contribution in [3.63, 3.8) is 0 Å². The van der Waals surface area contributed by atoms with Crippen molar-refractivity contribution >= 4 is 17.6 Å². The Kier molecular flexibility index (Phi) is 6.35. The van der Waals surface area contributed by atoms with E-state index in [2.05, 4.69) is 20.7 Å². The molecule has 0 fully saturated rings. The summed E-state index contributed by atoms with van der Waals surface area (Å²) in [5.41, 5.74) is 7.76. The second-order valence-electron chi connectivity index (χ2n) is 7.76. The highest BCUT2D eigenvalue weighted by Gasteiger charge is 2.13. The number of carbonyl (C=O) groups excluding carboxylic acids is 1. The molecule has 6 heteroatoms. The molecule has 1 heterocycles. The number of benzene rings is 2. The molecule has 2 N–H and O–H groups in total. The van der Waals surface area contributed by atoms with Crippen LogP contribution in [0, 0.1) is 34.6 Å². The quantitative estimate of drug-likeness (QED) is 0.502. The molecule has 156 valence electrons. The summed E-state index contributed by atoms with van der Waals surface area (Å²) in [6, 6.07) is 13.8. The van der Waals surface area contributed by atoms with Gasteiger partial charge in [-0.1, -0.05) is 29.3 Å². The molecule has 0 saturated heterocycles. The van der Waals surface area contributed by atoms with Gasteiger partial charge in [-0.25, -0.2) is 4.99 Å². The van der Waals surface area contributed by atoms with Crippen LogP contribution in [0.5, 0.6) is 0 Å². The maximum absolute atomic E-state index is 12.9. The van der Waals surface area contributed by atoms with Gasteiger partial charge in [-0.3, -0.25) is 14.8 Å². The van der Waals surface area contributed by atoms with Crippen molar-refractivity contribution in [2.75, 3.05) is 5.32 Å².